The summed E-state index contributed by atoms with van der Waals surface area (Å²) in [5.74, 6) is 0. The smallest absolute Gasteiger partial charge is 0.0889 e. The van der Waals surface area contributed by atoms with E-state index in [4.69, 9.17) is 0 Å². The van der Waals surface area contributed by atoms with E-state index in [1.54, 1.807) is 0 Å². The zero-order valence-corrected chi connectivity index (χ0v) is 15.0. The van der Waals surface area contributed by atoms with E-state index in [9.17, 15) is 0 Å². The SMILES string of the molecule is C1=CC(B(c2ccccc2)c2ccccc2)=CCC1.CC.CC. The molecule has 0 aliphatic heterocycles. The van der Waals surface area contributed by atoms with Gasteiger partial charge in [0.15, 0.2) is 0 Å². The molecular weight excluding hydrogens is 275 g/mol. The first-order valence-electron chi connectivity index (χ1n) is 8.91. The molecule has 0 spiro atoms. The second-order valence-corrected chi connectivity index (χ2v) is 4.94. The van der Waals surface area contributed by atoms with Gasteiger partial charge in [0.05, 0.1) is 0 Å². The second kappa shape index (κ2) is 11.5. The Kier molecular flexibility index (Phi) is 9.55. The average Bonchev–Trinajstić information content (AvgIpc) is 2.68. The number of allylic oxidation sites excluding steroid dienone is 4. The molecule has 0 radical (unpaired) electrons. The highest BCUT2D eigenvalue weighted by Gasteiger charge is 2.22. The van der Waals surface area contributed by atoms with E-state index in [1.807, 2.05) is 27.7 Å². The molecule has 0 atom stereocenters. The van der Waals surface area contributed by atoms with Gasteiger partial charge in [0, 0.05) is 0 Å². The summed E-state index contributed by atoms with van der Waals surface area (Å²) in [6.07, 6.45) is 9.27. The molecule has 0 aromatic heterocycles. The van der Waals surface area contributed by atoms with Crippen molar-refractivity contribution in [3.05, 3.63) is 84.4 Å². The van der Waals surface area contributed by atoms with Gasteiger partial charge in [-0.05, 0) is 12.8 Å². The molecular formula is C22H29B. The number of benzene rings is 2. The van der Waals surface area contributed by atoms with E-state index in [1.165, 1.54) is 22.8 Å². The number of hydrogen-bond acceptors (Lipinski definition) is 0. The summed E-state index contributed by atoms with van der Waals surface area (Å²) < 4.78 is 0. The number of rotatable bonds is 3. The van der Waals surface area contributed by atoms with E-state index in [0.29, 0.717) is 6.71 Å². The molecule has 0 heterocycles. The van der Waals surface area contributed by atoms with Crippen LogP contribution in [0.3, 0.4) is 0 Å². The van der Waals surface area contributed by atoms with Crippen molar-refractivity contribution in [1.29, 1.82) is 0 Å². The van der Waals surface area contributed by atoms with Gasteiger partial charge in [0.1, 0.15) is 0 Å². The van der Waals surface area contributed by atoms with Gasteiger partial charge >= 0.3 is 0 Å². The lowest BCUT2D eigenvalue weighted by Crippen LogP contribution is -2.43. The van der Waals surface area contributed by atoms with Gasteiger partial charge in [-0.2, -0.15) is 0 Å². The normalized spacial score (nSPS) is 12.1. The standard InChI is InChI=1S/C18H17B.2C2H6/c1-4-10-16(11-5-1)19(17-12-6-2-7-13-17)18-14-8-3-9-15-18;2*1-2/h1-2,4-8,10-15H,3,9H2;2*1-2H3. The van der Waals surface area contributed by atoms with E-state index in [-0.39, 0.29) is 0 Å². The molecule has 2 aromatic carbocycles. The summed E-state index contributed by atoms with van der Waals surface area (Å²) >= 11 is 0. The highest BCUT2D eigenvalue weighted by Crippen LogP contribution is 2.13. The van der Waals surface area contributed by atoms with Crippen LogP contribution in [0.1, 0.15) is 40.5 Å². The molecule has 1 aliphatic rings. The Hall–Kier alpha value is -2.02. The molecule has 0 bridgehead atoms. The van der Waals surface area contributed by atoms with Gasteiger partial charge in [-0.3, -0.25) is 0 Å². The van der Waals surface area contributed by atoms with Crippen molar-refractivity contribution in [3.63, 3.8) is 0 Å². The van der Waals surface area contributed by atoms with Crippen molar-refractivity contribution >= 4 is 17.6 Å². The third-order valence-corrected chi connectivity index (χ3v) is 3.62. The molecule has 0 saturated carbocycles. The second-order valence-electron chi connectivity index (χ2n) is 4.94. The minimum absolute atomic E-state index is 0.360. The Morgan fingerprint density at radius 1 is 0.652 bits per heavy atom. The molecule has 1 aliphatic carbocycles. The molecule has 2 aromatic rings. The molecule has 120 valence electrons. The van der Waals surface area contributed by atoms with Gasteiger partial charge < -0.3 is 0 Å². The summed E-state index contributed by atoms with van der Waals surface area (Å²) in [5, 5.41) is 0. The van der Waals surface area contributed by atoms with Crippen LogP contribution >= 0.6 is 0 Å². The summed E-state index contributed by atoms with van der Waals surface area (Å²) in [7, 11) is 0. The average molecular weight is 304 g/mol. The maximum atomic E-state index is 2.38. The van der Waals surface area contributed by atoms with Crippen molar-refractivity contribution in [3.8, 4) is 0 Å². The van der Waals surface area contributed by atoms with Gasteiger partial charge in [-0.1, -0.05) is 123 Å². The van der Waals surface area contributed by atoms with Crippen molar-refractivity contribution < 1.29 is 0 Å². The van der Waals surface area contributed by atoms with Gasteiger partial charge in [-0.25, -0.2) is 0 Å². The van der Waals surface area contributed by atoms with E-state index in [0.717, 1.165) is 6.42 Å². The maximum Gasteiger partial charge on any atom is 0.240 e. The van der Waals surface area contributed by atoms with Crippen LogP contribution in [0.2, 0.25) is 0 Å². The van der Waals surface area contributed by atoms with Crippen LogP contribution in [0.25, 0.3) is 0 Å². The molecule has 0 saturated heterocycles. The van der Waals surface area contributed by atoms with Crippen molar-refractivity contribution in [1.82, 2.24) is 0 Å². The monoisotopic (exact) mass is 304 g/mol. The predicted molar refractivity (Wildman–Crippen MR) is 107 cm³/mol. The Balaban J connectivity index is 0.000000615. The van der Waals surface area contributed by atoms with Gasteiger partial charge in [0.25, 0.3) is 0 Å². The van der Waals surface area contributed by atoms with Crippen molar-refractivity contribution in [2.24, 2.45) is 0 Å². The van der Waals surface area contributed by atoms with Gasteiger partial charge in [-0.15, -0.1) is 0 Å². The fraction of sp³-hybridized carbons (Fsp3) is 0.273. The molecule has 23 heavy (non-hydrogen) atoms. The molecule has 0 N–H and O–H groups in total. The molecule has 0 amide bonds. The first-order chi connectivity index (χ1) is 11.4. The van der Waals surface area contributed by atoms with Crippen LogP contribution in [0.4, 0.5) is 0 Å². The predicted octanol–water partition coefficient (Wildman–Crippen LogP) is 5.16. The van der Waals surface area contributed by atoms with Crippen LogP contribution in [0.15, 0.2) is 84.4 Å². The molecule has 0 unspecified atom stereocenters. The van der Waals surface area contributed by atoms with Crippen LogP contribution in [-0.2, 0) is 0 Å². The van der Waals surface area contributed by atoms with Crippen LogP contribution in [0, 0.1) is 0 Å². The fourth-order valence-corrected chi connectivity index (χ4v) is 2.72. The third-order valence-electron chi connectivity index (χ3n) is 3.62. The van der Waals surface area contributed by atoms with E-state index >= 15 is 0 Å². The van der Waals surface area contributed by atoms with Crippen molar-refractivity contribution in [2.45, 2.75) is 40.5 Å². The van der Waals surface area contributed by atoms with Crippen LogP contribution in [0.5, 0.6) is 0 Å². The molecule has 1 heteroatoms. The summed E-state index contributed by atoms with van der Waals surface area (Å²) in [5.41, 5.74) is 4.15. The highest BCUT2D eigenvalue weighted by atomic mass is 14.0. The lowest BCUT2D eigenvalue weighted by Gasteiger charge is -2.18. The molecule has 3 rings (SSSR count). The lowest BCUT2D eigenvalue weighted by atomic mass is 9.36. The number of hydrogen-bond donors (Lipinski definition) is 0. The Bertz CT molecular complexity index is 542. The lowest BCUT2D eigenvalue weighted by molar-refractivity contribution is 1.03. The van der Waals surface area contributed by atoms with Crippen LogP contribution in [-0.4, -0.2) is 6.71 Å². The zero-order chi connectivity index (χ0) is 16.9. The quantitative estimate of drug-likeness (QED) is 0.687. The minimum Gasteiger partial charge on any atom is -0.0889 e. The Morgan fingerprint density at radius 3 is 1.52 bits per heavy atom. The fourth-order valence-electron chi connectivity index (χ4n) is 2.72. The third kappa shape index (κ3) is 5.60. The zero-order valence-electron chi connectivity index (χ0n) is 15.0. The topological polar surface area (TPSA) is 0 Å². The Morgan fingerprint density at radius 2 is 1.13 bits per heavy atom. The highest BCUT2D eigenvalue weighted by molar-refractivity contribution is 6.91. The first-order valence-corrected chi connectivity index (χ1v) is 8.91. The van der Waals surface area contributed by atoms with Gasteiger partial charge in [0.2, 0.25) is 6.71 Å². The molecule has 0 fully saturated rings. The minimum atomic E-state index is 0.360. The summed E-state index contributed by atoms with van der Waals surface area (Å²) in [4.78, 5) is 0. The summed E-state index contributed by atoms with van der Waals surface area (Å²) in [6.45, 7) is 8.36. The first kappa shape index (κ1) is 19.0. The summed E-state index contributed by atoms with van der Waals surface area (Å²) in [6, 6.07) is 21.5. The van der Waals surface area contributed by atoms with E-state index < -0.39 is 0 Å². The van der Waals surface area contributed by atoms with Crippen LogP contribution < -0.4 is 10.9 Å². The van der Waals surface area contributed by atoms with Crippen molar-refractivity contribution in [2.75, 3.05) is 0 Å². The van der Waals surface area contributed by atoms with E-state index in [2.05, 4.69) is 78.9 Å². The largest absolute Gasteiger partial charge is 0.240 e. The maximum absolute atomic E-state index is 2.38. The Labute approximate surface area is 143 Å². The molecule has 0 nitrogen and oxygen atoms in total.